The highest BCUT2D eigenvalue weighted by Gasteiger charge is 2.31. The van der Waals surface area contributed by atoms with Crippen molar-refractivity contribution in [2.75, 3.05) is 17.7 Å². The van der Waals surface area contributed by atoms with Crippen LogP contribution in [0.15, 0.2) is 77.7 Å². The van der Waals surface area contributed by atoms with Crippen LogP contribution in [0.1, 0.15) is 62.4 Å². The van der Waals surface area contributed by atoms with Crippen LogP contribution < -0.4 is 10.6 Å². The van der Waals surface area contributed by atoms with Crippen LogP contribution in [0, 0.1) is 0 Å². The average Bonchev–Trinajstić information content (AvgIpc) is 3.36. The average molecular weight is 654 g/mol. The van der Waals surface area contributed by atoms with Gasteiger partial charge in [0.2, 0.25) is 5.91 Å². The quantitative estimate of drug-likeness (QED) is 0.139. The monoisotopic (exact) mass is 652 g/mol. The van der Waals surface area contributed by atoms with Gasteiger partial charge in [-0.25, -0.2) is 4.79 Å². The highest BCUT2D eigenvalue weighted by atomic mass is 35.5. The zero-order valence-electron chi connectivity index (χ0n) is 23.6. The van der Waals surface area contributed by atoms with Crippen LogP contribution in [0.4, 0.5) is 10.7 Å². The number of ether oxygens (including phenoxy) is 1. The number of rotatable bonds is 9. The van der Waals surface area contributed by atoms with E-state index in [0.29, 0.717) is 39.2 Å². The number of carbonyl (C=O) groups is 3. The van der Waals surface area contributed by atoms with Crippen molar-refractivity contribution in [2.24, 2.45) is 0 Å². The van der Waals surface area contributed by atoms with E-state index in [9.17, 15) is 14.4 Å². The molecule has 0 bridgehead atoms. The molecule has 222 valence electrons. The SMILES string of the molecule is CCC(Sc1cccc(NC(=O)c2ccc(Cl)cc2Cl)c1)C(=O)Nc1sc2c(c1C(=O)OC)CCC(c1ccccc1)C2. The number of methoxy groups -OCH3 is 1. The molecule has 3 aromatic carbocycles. The summed E-state index contributed by atoms with van der Waals surface area (Å²) in [6.45, 7) is 1.94. The number of carbonyl (C=O) groups excluding carboxylic acids is 3. The number of hydrogen-bond donors (Lipinski definition) is 2. The number of amides is 2. The number of hydrogen-bond acceptors (Lipinski definition) is 6. The summed E-state index contributed by atoms with van der Waals surface area (Å²) in [5, 5.41) is 6.72. The molecule has 0 saturated carbocycles. The summed E-state index contributed by atoms with van der Waals surface area (Å²) >= 11 is 15.0. The Kier molecular flexibility index (Phi) is 10.1. The van der Waals surface area contributed by atoms with Gasteiger partial charge in [0.05, 0.1) is 28.5 Å². The van der Waals surface area contributed by atoms with E-state index in [1.807, 2.05) is 43.3 Å². The fourth-order valence-corrected chi connectivity index (χ4v) is 8.03. The van der Waals surface area contributed by atoms with E-state index in [-0.39, 0.29) is 16.8 Å². The molecule has 0 spiro atoms. The minimum absolute atomic E-state index is 0.196. The van der Waals surface area contributed by atoms with Gasteiger partial charge in [-0.15, -0.1) is 23.1 Å². The maximum Gasteiger partial charge on any atom is 0.341 e. The van der Waals surface area contributed by atoms with E-state index in [1.165, 1.54) is 41.8 Å². The highest BCUT2D eigenvalue weighted by molar-refractivity contribution is 8.00. The molecule has 0 radical (unpaired) electrons. The van der Waals surface area contributed by atoms with Crippen molar-refractivity contribution >= 4 is 74.8 Å². The lowest BCUT2D eigenvalue weighted by Crippen LogP contribution is -2.25. The predicted octanol–water partition coefficient (Wildman–Crippen LogP) is 8.88. The van der Waals surface area contributed by atoms with Crippen molar-refractivity contribution in [3.05, 3.63) is 110 Å². The zero-order valence-corrected chi connectivity index (χ0v) is 26.8. The van der Waals surface area contributed by atoms with Crippen molar-refractivity contribution in [3.8, 4) is 0 Å². The van der Waals surface area contributed by atoms with Crippen molar-refractivity contribution in [3.63, 3.8) is 0 Å². The lowest BCUT2D eigenvalue weighted by molar-refractivity contribution is -0.115. The predicted molar refractivity (Wildman–Crippen MR) is 176 cm³/mol. The van der Waals surface area contributed by atoms with Gasteiger partial charge >= 0.3 is 5.97 Å². The minimum atomic E-state index is -0.434. The Balaban J connectivity index is 1.30. The molecule has 10 heteroatoms. The molecular weight excluding hydrogens is 623 g/mol. The van der Waals surface area contributed by atoms with Gasteiger partial charge in [-0.05, 0) is 79.1 Å². The second kappa shape index (κ2) is 14.0. The topological polar surface area (TPSA) is 84.5 Å². The van der Waals surface area contributed by atoms with E-state index in [0.717, 1.165) is 34.6 Å². The Hall–Kier alpha value is -3.30. The van der Waals surface area contributed by atoms with Crippen LogP contribution in [0.2, 0.25) is 10.0 Å². The first-order chi connectivity index (χ1) is 20.8. The van der Waals surface area contributed by atoms with Gasteiger partial charge in [-0.2, -0.15) is 0 Å². The summed E-state index contributed by atoms with van der Waals surface area (Å²) in [6, 6.07) is 22.4. The molecule has 2 N–H and O–H groups in total. The number of fused-ring (bicyclic) bond motifs is 1. The van der Waals surface area contributed by atoms with Gasteiger partial charge in [0.1, 0.15) is 5.00 Å². The molecule has 1 heterocycles. The summed E-state index contributed by atoms with van der Waals surface area (Å²) in [7, 11) is 1.37. The lowest BCUT2D eigenvalue weighted by Gasteiger charge is -2.22. The van der Waals surface area contributed by atoms with Crippen molar-refractivity contribution in [1.82, 2.24) is 0 Å². The van der Waals surface area contributed by atoms with Crippen molar-refractivity contribution in [1.29, 1.82) is 0 Å². The smallest absolute Gasteiger partial charge is 0.341 e. The molecule has 0 aliphatic heterocycles. The number of nitrogens with one attached hydrogen (secondary N) is 2. The third-order valence-electron chi connectivity index (χ3n) is 7.37. The Morgan fingerprint density at radius 3 is 2.53 bits per heavy atom. The molecule has 2 amide bonds. The normalized spacial score (nSPS) is 14.8. The molecule has 2 atom stereocenters. The largest absolute Gasteiger partial charge is 0.465 e. The Bertz CT molecular complexity index is 1660. The van der Waals surface area contributed by atoms with Gasteiger partial charge in [-0.3, -0.25) is 9.59 Å². The summed E-state index contributed by atoms with van der Waals surface area (Å²) < 4.78 is 5.13. The zero-order chi connectivity index (χ0) is 30.5. The Morgan fingerprint density at radius 1 is 1.02 bits per heavy atom. The molecule has 1 aromatic heterocycles. The standard InChI is InChI=1S/C33H30Cl2N2O4S2/c1-3-27(42-23-11-7-10-22(18-23)36-30(38)24-15-13-21(34)17-26(24)35)31(39)37-32-29(33(40)41-2)25-14-12-20(16-28(25)43-32)19-8-5-4-6-9-19/h4-11,13,15,17-18,20,27H,3,12,14,16H2,1-2H3,(H,36,38)(H,37,39). The second-order valence-corrected chi connectivity index (χ2v) is 13.4. The fraction of sp³-hybridized carbons (Fsp3) is 0.242. The number of esters is 1. The van der Waals surface area contributed by atoms with E-state index >= 15 is 0 Å². The number of anilines is 2. The lowest BCUT2D eigenvalue weighted by atomic mass is 9.83. The van der Waals surface area contributed by atoms with E-state index in [2.05, 4.69) is 22.8 Å². The van der Waals surface area contributed by atoms with Crippen LogP contribution in [-0.2, 0) is 22.4 Å². The second-order valence-electron chi connectivity index (χ2n) is 10.2. The molecule has 0 saturated heterocycles. The molecule has 0 fully saturated rings. The van der Waals surface area contributed by atoms with Gasteiger partial charge in [0, 0.05) is 20.5 Å². The van der Waals surface area contributed by atoms with Crippen LogP contribution in [0.5, 0.6) is 0 Å². The van der Waals surface area contributed by atoms with Crippen LogP contribution in [0.25, 0.3) is 0 Å². The maximum atomic E-state index is 13.5. The van der Waals surface area contributed by atoms with Crippen molar-refractivity contribution < 1.29 is 19.1 Å². The first kappa shape index (κ1) is 31.1. The molecule has 43 heavy (non-hydrogen) atoms. The van der Waals surface area contributed by atoms with Gasteiger partial charge in [-0.1, -0.05) is 66.5 Å². The Morgan fingerprint density at radius 2 is 1.81 bits per heavy atom. The first-order valence-electron chi connectivity index (χ1n) is 13.9. The Labute approximate surface area is 269 Å². The van der Waals surface area contributed by atoms with Crippen LogP contribution >= 0.6 is 46.3 Å². The number of benzene rings is 3. The summed E-state index contributed by atoms with van der Waals surface area (Å²) in [6.07, 6.45) is 3.05. The molecule has 5 rings (SSSR count). The number of halogens is 2. The molecule has 4 aromatic rings. The third kappa shape index (κ3) is 7.27. The number of thiophene rings is 1. The van der Waals surface area contributed by atoms with E-state index in [1.54, 1.807) is 18.2 Å². The maximum absolute atomic E-state index is 13.5. The van der Waals surface area contributed by atoms with Gasteiger partial charge in [0.25, 0.3) is 5.91 Å². The molecule has 2 unspecified atom stereocenters. The molecular formula is C33H30Cl2N2O4S2. The fourth-order valence-electron chi connectivity index (χ4n) is 5.20. The van der Waals surface area contributed by atoms with E-state index in [4.69, 9.17) is 27.9 Å². The van der Waals surface area contributed by atoms with Crippen LogP contribution in [0.3, 0.4) is 0 Å². The van der Waals surface area contributed by atoms with Gasteiger partial charge < -0.3 is 15.4 Å². The number of thioether (sulfide) groups is 1. The van der Waals surface area contributed by atoms with Crippen molar-refractivity contribution in [2.45, 2.75) is 48.7 Å². The highest BCUT2D eigenvalue weighted by Crippen LogP contribution is 2.43. The van der Waals surface area contributed by atoms with Crippen LogP contribution in [-0.4, -0.2) is 30.1 Å². The molecule has 1 aliphatic carbocycles. The summed E-state index contributed by atoms with van der Waals surface area (Å²) in [4.78, 5) is 41.1. The van der Waals surface area contributed by atoms with Gasteiger partial charge in [0.15, 0.2) is 0 Å². The first-order valence-corrected chi connectivity index (χ1v) is 16.3. The minimum Gasteiger partial charge on any atom is -0.465 e. The third-order valence-corrected chi connectivity index (χ3v) is 10.4. The molecule has 6 nitrogen and oxygen atoms in total. The van der Waals surface area contributed by atoms with E-state index < -0.39 is 11.2 Å². The molecule has 1 aliphatic rings. The summed E-state index contributed by atoms with van der Waals surface area (Å²) in [5.74, 6) is -0.627. The summed E-state index contributed by atoms with van der Waals surface area (Å²) in [5.41, 5.74) is 3.61.